The summed E-state index contributed by atoms with van der Waals surface area (Å²) in [5.41, 5.74) is 4.58. The predicted molar refractivity (Wildman–Crippen MR) is 126 cm³/mol. The minimum atomic E-state index is -0.321. The topological polar surface area (TPSA) is 76.0 Å². The van der Waals surface area contributed by atoms with Crippen LogP contribution in [0.4, 0.5) is 15.8 Å². The van der Waals surface area contributed by atoms with Crippen molar-refractivity contribution in [3.63, 3.8) is 0 Å². The van der Waals surface area contributed by atoms with E-state index in [9.17, 15) is 14.0 Å². The van der Waals surface area contributed by atoms with Gasteiger partial charge in [0, 0.05) is 16.8 Å². The van der Waals surface area contributed by atoms with Crippen molar-refractivity contribution in [2.24, 2.45) is 0 Å². The molecular formula is C26H23FN4O2. The minimum Gasteiger partial charge on any atom is -0.324 e. The zero-order valence-electron chi connectivity index (χ0n) is 18.3. The summed E-state index contributed by atoms with van der Waals surface area (Å²) in [5.74, 6) is -0.816. The second-order valence-corrected chi connectivity index (χ2v) is 7.63. The van der Waals surface area contributed by atoms with Crippen LogP contribution in [0.15, 0.2) is 78.9 Å². The zero-order chi connectivity index (χ0) is 23.4. The molecule has 0 fully saturated rings. The largest absolute Gasteiger partial charge is 0.324 e. The van der Waals surface area contributed by atoms with Crippen LogP contribution in [0.3, 0.4) is 0 Å². The highest BCUT2D eigenvalue weighted by Crippen LogP contribution is 2.23. The maximum absolute atomic E-state index is 13.3. The van der Waals surface area contributed by atoms with Gasteiger partial charge >= 0.3 is 0 Å². The van der Waals surface area contributed by atoms with Crippen molar-refractivity contribution in [2.75, 3.05) is 10.6 Å². The Morgan fingerprint density at radius 1 is 0.848 bits per heavy atom. The third-order valence-electron chi connectivity index (χ3n) is 5.34. The molecule has 166 valence electrons. The number of benzene rings is 3. The van der Waals surface area contributed by atoms with Crippen molar-refractivity contribution in [3.05, 3.63) is 107 Å². The third-order valence-corrected chi connectivity index (χ3v) is 5.34. The molecule has 0 atom stereocenters. The van der Waals surface area contributed by atoms with Crippen molar-refractivity contribution in [3.8, 4) is 5.69 Å². The minimum absolute atomic E-state index is 0.111. The molecule has 7 heteroatoms. The molecule has 1 aromatic heterocycles. The van der Waals surface area contributed by atoms with E-state index in [0.29, 0.717) is 16.9 Å². The average molecular weight is 442 g/mol. The summed E-state index contributed by atoms with van der Waals surface area (Å²) >= 11 is 0. The Hall–Kier alpha value is -4.26. The Balaban J connectivity index is 1.50. The van der Waals surface area contributed by atoms with Gasteiger partial charge in [0.05, 0.1) is 29.2 Å². The molecule has 0 unspecified atom stereocenters. The Kier molecular flexibility index (Phi) is 6.31. The maximum atomic E-state index is 13.3. The first-order chi connectivity index (χ1) is 15.9. The van der Waals surface area contributed by atoms with E-state index in [-0.39, 0.29) is 24.1 Å². The summed E-state index contributed by atoms with van der Waals surface area (Å²) < 4.78 is 15.0. The standard InChI is InChI=1S/C26H23FN4O2/c1-17-22(18(2)31(30-17)21-14-12-20(27)13-15-21)16-25(32)28-23-10-6-7-11-24(23)29-26(33)19-8-4-3-5-9-19/h3-15H,16H2,1-2H3,(H,28,32)(H,29,33). The Morgan fingerprint density at radius 3 is 2.12 bits per heavy atom. The van der Waals surface area contributed by atoms with E-state index >= 15 is 0 Å². The van der Waals surface area contributed by atoms with Crippen LogP contribution in [0.25, 0.3) is 5.69 Å². The molecule has 2 N–H and O–H groups in total. The summed E-state index contributed by atoms with van der Waals surface area (Å²) in [7, 11) is 0. The molecule has 0 aliphatic carbocycles. The highest BCUT2D eigenvalue weighted by molar-refractivity contribution is 6.07. The lowest BCUT2D eigenvalue weighted by Crippen LogP contribution is -2.18. The molecule has 33 heavy (non-hydrogen) atoms. The second-order valence-electron chi connectivity index (χ2n) is 7.63. The molecule has 4 aromatic rings. The number of nitrogens with zero attached hydrogens (tertiary/aromatic N) is 2. The van der Waals surface area contributed by atoms with E-state index in [1.54, 1.807) is 65.3 Å². The SMILES string of the molecule is Cc1nn(-c2ccc(F)cc2)c(C)c1CC(=O)Nc1ccccc1NC(=O)c1ccccc1. The molecule has 6 nitrogen and oxygen atoms in total. The van der Waals surface area contributed by atoms with E-state index in [1.807, 2.05) is 19.9 Å². The average Bonchev–Trinajstić information content (AvgIpc) is 3.09. The molecular weight excluding hydrogens is 419 g/mol. The molecule has 0 aliphatic rings. The number of aromatic nitrogens is 2. The van der Waals surface area contributed by atoms with Gasteiger partial charge in [0.25, 0.3) is 5.91 Å². The molecule has 0 aliphatic heterocycles. The van der Waals surface area contributed by atoms with Crippen molar-refractivity contribution in [2.45, 2.75) is 20.3 Å². The maximum Gasteiger partial charge on any atom is 0.255 e. The van der Waals surface area contributed by atoms with Crippen LogP contribution in [-0.4, -0.2) is 21.6 Å². The number of anilines is 2. The first-order valence-electron chi connectivity index (χ1n) is 10.5. The van der Waals surface area contributed by atoms with Crippen LogP contribution in [0, 0.1) is 19.7 Å². The Labute approximate surface area is 191 Å². The van der Waals surface area contributed by atoms with E-state index in [0.717, 1.165) is 22.6 Å². The van der Waals surface area contributed by atoms with Gasteiger partial charge in [-0.05, 0) is 62.4 Å². The number of carbonyl (C=O) groups excluding carboxylic acids is 2. The summed E-state index contributed by atoms with van der Waals surface area (Å²) in [5, 5.41) is 10.3. The van der Waals surface area contributed by atoms with E-state index in [1.165, 1.54) is 12.1 Å². The fourth-order valence-corrected chi connectivity index (χ4v) is 3.60. The normalized spacial score (nSPS) is 10.6. The number of para-hydroxylation sites is 2. The summed E-state index contributed by atoms with van der Waals surface area (Å²) in [6.45, 7) is 3.71. The first-order valence-corrected chi connectivity index (χ1v) is 10.5. The van der Waals surface area contributed by atoms with Crippen molar-refractivity contribution in [1.82, 2.24) is 9.78 Å². The number of hydrogen-bond acceptors (Lipinski definition) is 3. The fourth-order valence-electron chi connectivity index (χ4n) is 3.60. The van der Waals surface area contributed by atoms with E-state index < -0.39 is 0 Å². The summed E-state index contributed by atoms with van der Waals surface area (Å²) in [6.07, 6.45) is 0.111. The van der Waals surface area contributed by atoms with Crippen LogP contribution in [0.2, 0.25) is 0 Å². The summed E-state index contributed by atoms with van der Waals surface area (Å²) in [6, 6.07) is 22.0. The molecule has 0 bridgehead atoms. The fraction of sp³-hybridized carbons (Fsp3) is 0.115. The Bertz CT molecular complexity index is 1300. The van der Waals surface area contributed by atoms with Gasteiger partial charge in [-0.2, -0.15) is 5.10 Å². The molecule has 4 rings (SSSR count). The van der Waals surface area contributed by atoms with Gasteiger partial charge in [-0.25, -0.2) is 9.07 Å². The van der Waals surface area contributed by atoms with Crippen LogP contribution in [0.1, 0.15) is 27.3 Å². The van der Waals surface area contributed by atoms with Gasteiger partial charge in [0.2, 0.25) is 5.91 Å². The summed E-state index contributed by atoms with van der Waals surface area (Å²) in [4.78, 5) is 25.4. The van der Waals surface area contributed by atoms with Gasteiger partial charge in [0.1, 0.15) is 5.82 Å². The molecule has 1 heterocycles. The van der Waals surface area contributed by atoms with Gasteiger partial charge in [-0.1, -0.05) is 30.3 Å². The number of halogens is 1. The van der Waals surface area contributed by atoms with Crippen molar-refractivity contribution >= 4 is 23.2 Å². The lowest BCUT2D eigenvalue weighted by Gasteiger charge is -2.12. The van der Waals surface area contributed by atoms with Crippen molar-refractivity contribution < 1.29 is 14.0 Å². The number of hydrogen-bond donors (Lipinski definition) is 2. The third kappa shape index (κ3) is 4.98. The zero-order valence-corrected chi connectivity index (χ0v) is 18.3. The quantitative estimate of drug-likeness (QED) is 0.438. The molecule has 2 amide bonds. The molecule has 0 radical (unpaired) electrons. The highest BCUT2D eigenvalue weighted by atomic mass is 19.1. The van der Waals surface area contributed by atoms with E-state index in [2.05, 4.69) is 15.7 Å². The molecule has 0 spiro atoms. The lowest BCUT2D eigenvalue weighted by molar-refractivity contribution is -0.115. The number of carbonyl (C=O) groups is 2. The van der Waals surface area contributed by atoms with Gasteiger partial charge < -0.3 is 10.6 Å². The Morgan fingerprint density at radius 2 is 1.45 bits per heavy atom. The second kappa shape index (κ2) is 9.48. The van der Waals surface area contributed by atoms with Crippen LogP contribution < -0.4 is 10.6 Å². The van der Waals surface area contributed by atoms with Gasteiger partial charge in [0.15, 0.2) is 0 Å². The monoisotopic (exact) mass is 442 g/mol. The predicted octanol–water partition coefficient (Wildman–Crippen LogP) is 5.06. The van der Waals surface area contributed by atoms with Crippen molar-refractivity contribution in [1.29, 1.82) is 0 Å². The molecule has 0 saturated carbocycles. The highest BCUT2D eigenvalue weighted by Gasteiger charge is 2.17. The lowest BCUT2D eigenvalue weighted by atomic mass is 10.1. The van der Waals surface area contributed by atoms with E-state index in [4.69, 9.17) is 0 Å². The number of rotatable bonds is 6. The molecule has 3 aromatic carbocycles. The van der Waals surface area contributed by atoms with Crippen LogP contribution in [-0.2, 0) is 11.2 Å². The number of aryl methyl sites for hydroxylation is 1. The number of nitrogens with one attached hydrogen (secondary N) is 2. The van der Waals surface area contributed by atoms with Crippen LogP contribution in [0.5, 0.6) is 0 Å². The number of amides is 2. The molecule has 0 saturated heterocycles. The smallest absolute Gasteiger partial charge is 0.255 e. The van der Waals surface area contributed by atoms with Gasteiger partial charge in [-0.15, -0.1) is 0 Å². The first kappa shape index (κ1) is 22.0. The van der Waals surface area contributed by atoms with Gasteiger partial charge in [-0.3, -0.25) is 9.59 Å². The van der Waals surface area contributed by atoms with Crippen LogP contribution >= 0.6 is 0 Å².